The summed E-state index contributed by atoms with van der Waals surface area (Å²) in [4.78, 5) is 37.7. The molecule has 8 nitrogen and oxygen atoms in total. The van der Waals surface area contributed by atoms with Crippen LogP contribution in [0.2, 0.25) is 0 Å². The Morgan fingerprint density at radius 1 is 1.18 bits per heavy atom. The van der Waals surface area contributed by atoms with Crippen LogP contribution in [0.5, 0.6) is 0 Å². The molecule has 1 aliphatic rings. The predicted molar refractivity (Wildman–Crippen MR) is 101 cm³/mol. The Morgan fingerprint density at radius 2 is 1.79 bits per heavy atom. The number of esters is 2. The Bertz CT molecular complexity index is 745. The number of nitrogens with two attached hydrogens (primary N) is 1. The zero-order valence-corrected chi connectivity index (χ0v) is 16.7. The molecular formula is C20H28N2O6. The highest BCUT2D eigenvalue weighted by molar-refractivity contribution is 6.00. The first-order valence-electron chi connectivity index (χ1n) is 9.11. The Hall–Kier alpha value is -2.45. The van der Waals surface area contributed by atoms with Crippen LogP contribution in [0.1, 0.15) is 46.1 Å². The molecule has 0 aliphatic carbocycles. The van der Waals surface area contributed by atoms with Gasteiger partial charge in [-0.05, 0) is 39.7 Å². The maximum absolute atomic E-state index is 12.8. The van der Waals surface area contributed by atoms with Crippen LogP contribution < -0.4 is 5.84 Å². The van der Waals surface area contributed by atoms with Crippen molar-refractivity contribution in [3.05, 3.63) is 35.9 Å². The van der Waals surface area contributed by atoms with E-state index in [0.717, 1.165) is 5.56 Å². The van der Waals surface area contributed by atoms with Crippen molar-refractivity contribution in [2.24, 2.45) is 11.3 Å². The lowest BCUT2D eigenvalue weighted by Gasteiger charge is -2.46. The minimum absolute atomic E-state index is 0.0234. The third-order valence-electron chi connectivity index (χ3n) is 4.91. The van der Waals surface area contributed by atoms with E-state index in [1.54, 1.807) is 32.9 Å². The SMILES string of the molecule is CC(C)(C)OC(=O)C1(C(=O)O)CCN(N)C(C)(C(=O)OCc2ccccc2)C1. The average Bonchev–Trinajstić information content (AvgIpc) is 2.61. The largest absolute Gasteiger partial charge is 0.480 e. The van der Waals surface area contributed by atoms with Gasteiger partial charge in [-0.1, -0.05) is 30.3 Å². The van der Waals surface area contributed by atoms with Gasteiger partial charge in [-0.2, -0.15) is 0 Å². The smallest absolute Gasteiger partial charge is 0.328 e. The molecular weight excluding hydrogens is 364 g/mol. The molecule has 0 amide bonds. The third-order valence-corrected chi connectivity index (χ3v) is 4.91. The number of carbonyl (C=O) groups is 3. The summed E-state index contributed by atoms with van der Waals surface area (Å²) in [6, 6.07) is 9.09. The van der Waals surface area contributed by atoms with Gasteiger partial charge < -0.3 is 14.6 Å². The van der Waals surface area contributed by atoms with Gasteiger partial charge in [0, 0.05) is 13.0 Å². The van der Waals surface area contributed by atoms with Gasteiger partial charge >= 0.3 is 17.9 Å². The Kier molecular flexibility index (Phi) is 6.15. The number of rotatable bonds is 5. The number of carbonyl (C=O) groups excluding carboxylic acids is 2. The number of hydrogen-bond donors (Lipinski definition) is 2. The van der Waals surface area contributed by atoms with Gasteiger partial charge in [-0.25, -0.2) is 9.80 Å². The van der Waals surface area contributed by atoms with Crippen LogP contribution in [0.15, 0.2) is 30.3 Å². The fourth-order valence-corrected chi connectivity index (χ4v) is 3.22. The monoisotopic (exact) mass is 392 g/mol. The van der Waals surface area contributed by atoms with Gasteiger partial charge in [-0.3, -0.25) is 15.4 Å². The quantitative estimate of drug-likeness (QED) is 0.443. The van der Waals surface area contributed by atoms with Gasteiger partial charge in [0.15, 0.2) is 5.41 Å². The lowest BCUT2D eigenvalue weighted by molar-refractivity contribution is -0.189. The van der Waals surface area contributed by atoms with Gasteiger partial charge in [0.05, 0.1) is 0 Å². The van der Waals surface area contributed by atoms with E-state index < -0.39 is 34.5 Å². The van der Waals surface area contributed by atoms with Crippen LogP contribution in [0.4, 0.5) is 0 Å². The zero-order chi connectivity index (χ0) is 21.2. The molecule has 1 heterocycles. The minimum atomic E-state index is -1.87. The lowest BCUT2D eigenvalue weighted by atomic mass is 9.70. The molecule has 0 aromatic heterocycles. The molecule has 0 spiro atoms. The van der Waals surface area contributed by atoms with Gasteiger partial charge in [0.2, 0.25) is 0 Å². The average molecular weight is 392 g/mol. The second-order valence-corrected chi connectivity index (χ2v) is 8.34. The molecule has 1 fully saturated rings. The number of nitrogens with zero attached hydrogens (tertiary/aromatic N) is 1. The summed E-state index contributed by atoms with van der Waals surface area (Å²) in [6.07, 6.45) is -0.399. The van der Waals surface area contributed by atoms with E-state index in [0.29, 0.717) is 0 Å². The molecule has 2 atom stereocenters. The maximum atomic E-state index is 12.8. The summed E-state index contributed by atoms with van der Waals surface area (Å²) < 4.78 is 10.7. The highest BCUT2D eigenvalue weighted by Crippen LogP contribution is 2.42. The van der Waals surface area contributed by atoms with E-state index >= 15 is 0 Å². The summed E-state index contributed by atoms with van der Waals surface area (Å²) in [7, 11) is 0. The van der Waals surface area contributed by atoms with Crippen LogP contribution in [0.25, 0.3) is 0 Å². The van der Waals surface area contributed by atoms with E-state index in [2.05, 4.69) is 0 Å². The van der Waals surface area contributed by atoms with Crippen LogP contribution >= 0.6 is 0 Å². The number of carboxylic acids is 1. The van der Waals surface area contributed by atoms with Crippen molar-refractivity contribution in [3.8, 4) is 0 Å². The van der Waals surface area contributed by atoms with E-state index in [9.17, 15) is 19.5 Å². The Labute approximate surface area is 164 Å². The van der Waals surface area contributed by atoms with Crippen molar-refractivity contribution in [1.82, 2.24) is 5.01 Å². The second-order valence-electron chi connectivity index (χ2n) is 8.34. The van der Waals surface area contributed by atoms with Crippen LogP contribution in [-0.4, -0.2) is 45.7 Å². The van der Waals surface area contributed by atoms with Crippen molar-refractivity contribution in [1.29, 1.82) is 0 Å². The topological polar surface area (TPSA) is 119 Å². The molecule has 0 radical (unpaired) electrons. The van der Waals surface area contributed by atoms with Crippen molar-refractivity contribution in [2.75, 3.05) is 6.54 Å². The number of hydrogen-bond acceptors (Lipinski definition) is 7. The highest BCUT2D eigenvalue weighted by Gasteiger charge is 2.59. The molecule has 0 bridgehead atoms. The van der Waals surface area contributed by atoms with Crippen molar-refractivity contribution >= 4 is 17.9 Å². The standard InChI is InChI=1S/C20H28N2O6/c1-18(2,3)28-17(26)20(15(23)24)10-11-22(21)19(4,13-20)16(25)27-12-14-8-6-5-7-9-14/h5-9H,10-13,21H2,1-4H3,(H,23,24). The summed E-state index contributed by atoms with van der Waals surface area (Å²) in [5, 5.41) is 11.1. The highest BCUT2D eigenvalue weighted by atomic mass is 16.6. The van der Waals surface area contributed by atoms with E-state index in [-0.39, 0.29) is 26.0 Å². The molecule has 0 saturated carbocycles. The zero-order valence-electron chi connectivity index (χ0n) is 16.7. The number of aliphatic carboxylic acids is 1. The maximum Gasteiger partial charge on any atom is 0.328 e. The molecule has 8 heteroatoms. The summed E-state index contributed by atoms with van der Waals surface area (Å²) in [5.41, 5.74) is -3.43. The number of piperidine rings is 1. The normalized spacial score (nSPS) is 25.8. The van der Waals surface area contributed by atoms with Crippen LogP contribution in [0.3, 0.4) is 0 Å². The van der Waals surface area contributed by atoms with Crippen molar-refractivity contribution < 1.29 is 29.0 Å². The van der Waals surface area contributed by atoms with E-state index in [1.165, 1.54) is 11.9 Å². The van der Waals surface area contributed by atoms with Crippen LogP contribution in [0, 0.1) is 5.41 Å². The summed E-state index contributed by atoms with van der Waals surface area (Å²) in [6.45, 7) is 6.52. The molecule has 28 heavy (non-hydrogen) atoms. The van der Waals surface area contributed by atoms with Gasteiger partial charge in [-0.15, -0.1) is 0 Å². The fourth-order valence-electron chi connectivity index (χ4n) is 3.22. The predicted octanol–water partition coefficient (Wildman–Crippen LogP) is 1.87. The Morgan fingerprint density at radius 3 is 2.32 bits per heavy atom. The summed E-state index contributed by atoms with van der Waals surface area (Å²) in [5.74, 6) is 3.12. The lowest BCUT2D eigenvalue weighted by Crippen LogP contribution is -2.66. The molecule has 3 N–H and O–H groups in total. The number of ether oxygens (including phenoxy) is 2. The second kappa shape index (κ2) is 7.89. The first-order chi connectivity index (χ1) is 12.9. The van der Waals surface area contributed by atoms with Crippen molar-refractivity contribution in [2.45, 2.75) is 58.3 Å². The van der Waals surface area contributed by atoms with Gasteiger partial charge in [0.25, 0.3) is 0 Å². The number of hydrazine groups is 1. The summed E-state index contributed by atoms with van der Waals surface area (Å²) >= 11 is 0. The first kappa shape index (κ1) is 21.8. The molecule has 1 aromatic carbocycles. The Balaban J connectivity index is 2.25. The van der Waals surface area contributed by atoms with Crippen molar-refractivity contribution in [3.63, 3.8) is 0 Å². The van der Waals surface area contributed by atoms with Crippen LogP contribution in [-0.2, 0) is 30.5 Å². The van der Waals surface area contributed by atoms with Gasteiger partial charge in [0.1, 0.15) is 17.7 Å². The number of carboxylic acid groups (broad SMARTS) is 1. The third kappa shape index (κ3) is 4.51. The first-order valence-corrected chi connectivity index (χ1v) is 9.11. The molecule has 1 saturated heterocycles. The number of benzene rings is 1. The molecule has 2 unspecified atom stereocenters. The molecule has 1 aliphatic heterocycles. The molecule has 1 aromatic rings. The van der Waals surface area contributed by atoms with E-state index in [4.69, 9.17) is 15.3 Å². The van der Waals surface area contributed by atoms with E-state index in [1.807, 2.05) is 18.2 Å². The molecule has 2 rings (SSSR count). The molecule has 154 valence electrons. The fraction of sp³-hybridized carbons (Fsp3) is 0.550. The minimum Gasteiger partial charge on any atom is -0.480 e.